The second-order valence-electron chi connectivity index (χ2n) is 3.03. The van der Waals surface area contributed by atoms with Crippen molar-refractivity contribution in [1.29, 1.82) is 0 Å². The molecule has 0 aliphatic heterocycles. The minimum atomic E-state index is 0.0757. The Bertz CT molecular complexity index is 293. The number of Topliss-reactive ketones (excluding diaryl/α,β-unsaturated/α-hetero) is 1. The molecule has 0 unspecified atom stereocenters. The number of likely N-dealkylation sites (N-methyl/N-ethyl adjacent to an activating group) is 1. The van der Waals surface area contributed by atoms with Gasteiger partial charge in [0.05, 0.1) is 0 Å². The second-order valence-corrected chi connectivity index (χ2v) is 3.03. The van der Waals surface area contributed by atoms with Crippen LogP contribution in [-0.4, -0.2) is 26.0 Å². The van der Waals surface area contributed by atoms with Crippen molar-refractivity contribution in [1.82, 2.24) is 5.32 Å². The average molecular weight is 193 g/mol. The SMILES string of the molecule is CNCCOc1ccc(C(C)=O)cc1. The van der Waals surface area contributed by atoms with Crippen LogP contribution in [0.4, 0.5) is 0 Å². The molecule has 0 radical (unpaired) electrons. The van der Waals surface area contributed by atoms with Crippen molar-refractivity contribution in [3.8, 4) is 5.75 Å². The van der Waals surface area contributed by atoms with Gasteiger partial charge >= 0.3 is 0 Å². The highest BCUT2D eigenvalue weighted by Gasteiger charge is 1.98. The Morgan fingerprint density at radius 1 is 1.36 bits per heavy atom. The van der Waals surface area contributed by atoms with Crippen molar-refractivity contribution in [3.63, 3.8) is 0 Å². The Kier molecular flexibility index (Phi) is 4.13. The lowest BCUT2D eigenvalue weighted by Gasteiger charge is -2.05. The van der Waals surface area contributed by atoms with Gasteiger partial charge in [0, 0.05) is 12.1 Å². The fourth-order valence-electron chi connectivity index (χ4n) is 1.06. The number of carbonyl (C=O) groups is 1. The first-order valence-corrected chi connectivity index (χ1v) is 4.62. The van der Waals surface area contributed by atoms with Gasteiger partial charge in [0.25, 0.3) is 0 Å². The summed E-state index contributed by atoms with van der Waals surface area (Å²) in [5, 5.41) is 2.99. The van der Waals surface area contributed by atoms with Crippen molar-refractivity contribution in [2.45, 2.75) is 6.92 Å². The highest BCUT2D eigenvalue weighted by Crippen LogP contribution is 2.12. The van der Waals surface area contributed by atoms with Crippen LogP contribution >= 0.6 is 0 Å². The Labute approximate surface area is 84.1 Å². The Morgan fingerprint density at radius 2 is 2.00 bits per heavy atom. The molecule has 76 valence electrons. The number of nitrogens with one attached hydrogen (secondary N) is 1. The molecule has 14 heavy (non-hydrogen) atoms. The van der Waals surface area contributed by atoms with Gasteiger partial charge in [-0.15, -0.1) is 0 Å². The molecule has 0 spiro atoms. The van der Waals surface area contributed by atoms with Gasteiger partial charge in [-0.05, 0) is 38.2 Å². The smallest absolute Gasteiger partial charge is 0.159 e. The number of benzene rings is 1. The molecule has 3 nitrogen and oxygen atoms in total. The molecule has 0 bridgehead atoms. The van der Waals surface area contributed by atoms with Crippen molar-refractivity contribution in [2.24, 2.45) is 0 Å². The van der Waals surface area contributed by atoms with E-state index < -0.39 is 0 Å². The number of ether oxygens (including phenoxy) is 1. The van der Waals surface area contributed by atoms with E-state index in [-0.39, 0.29) is 5.78 Å². The number of carbonyl (C=O) groups excluding carboxylic acids is 1. The monoisotopic (exact) mass is 193 g/mol. The van der Waals surface area contributed by atoms with Crippen LogP contribution in [0.3, 0.4) is 0 Å². The summed E-state index contributed by atoms with van der Waals surface area (Å²) in [7, 11) is 1.88. The van der Waals surface area contributed by atoms with E-state index in [0.717, 1.165) is 12.3 Å². The summed E-state index contributed by atoms with van der Waals surface area (Å²) in [5.74, 6) is 0.872. The molecule has 0 fully saturated rings. The summed E-state index contributed by atoms with van der Waals surface area (Å²) in [4.78, 5) is 11.0. The summed E-state index contributed by atoms with van der Waals surface area (Å²) in [6.07, 6.45) is 0. The predicted octanol–water partition coefficient (Wildman–Crippen LogP) is 1.49. The lowest BCUT2D eigenvalue weighted by Crippen LogP contribution is -2.15. The molecule has 1 aromatic carbocycles. The zero-order chi connectivity index (χ0) is 10.4. The van der Waals surface area contributed by atoms with Gasteiger partial charge in [0.2, 0.25) is 0 Å². The van der Waals surface area contributed by atoms with Crippen LogP contribution in [0, 0.1) is 0 Å². The first kappa shape index (κ1) is 10.7. The van der Waals surface area contributed by atoms with Gasteiger partial charge in [0.1, 0.15) is 12.4 Å². The Hall–Kier alpha value is -1.35. The van der Waals surface area contributed by atoms with Gasteiger partial charge in [-0.3, -0.25) is 4.79 Å². The van der Waals surface area contributed by atoms with E-state index in [1.807, 2.05) is 19.2 Å². The first-order chi connectivity index (χ1) is 6.74. The number of ketones is 1. The molecule has 0 aliphatic rings. The van der Waals surface area contributed by atoms with Gasteiger partial charge in [0.15, 0.2) is 5.78 Å². The molecule has 0 aromatic heterocycles. The van der Waals surface area contributed by atoms with Crippen LogP contribution in [0.2, 0.25) is 0 Å². The van der Waals surface area contributed by atoms with Crippen LogP contribution in [0.5, 0.6) is 5.75 Å². The van der Waals surface area contributed by atoms with E-state index >= 15 is 0 Å². The van der Waals surface area contributed by atoms with E-state index in [0.29, 0.717) is 12.2 Å². The third-order valence-electron chi connectivity index (χ3n) is 1.88. The van der Waals surface area contributed by atoms with E-state index in [2.05, 4.69) is 5.32 Å². The predicted molar refractivity (Wildman–Crippen MR) is 55.9 cm³/mol. The number of hydrogen-bond donors (Lipinski definition) is 1. The minimum absolute atomic E-state index is 0.0757. The lowest BCUT2D eigenvalue weighted by molar-refractivity contribution is 0.101. The fourth-order valence-corrected chi connectivity index (χ4v) is 1.06. The molecule has 0 saturated carbocycles. The van der Waals surface area contributed by atoms with Crippen LogP contribution in [0.15, 0.2) is 24.3 Å². The van der Waals surface area contributed by atoms with E-state index in [4.69, 9.17) is 4.74 Å². The van der Waals surface area contributed by atoms with Gasteiger partial charge < -0.3 is 10.1 Å². The van der Waals surface area contributed by atoms with Crippen LogP contribution in [0.25, 0.3) is 0 Å². The molecule has 1 rings (SSSR count). The molecule has 0 aliphatic carbocycles. The van der Waals surface area contributed by atoms with Gasteiger partial charge in [-0.25, -0.2) is 0 Å². The Morgan fingerprint density at radius 3 is 2.50 bits per heavy atom. The summed E-state index contributed by atoms with van der Waals surface area (Å²) in [5.41, 5.74) is 0.714. The molecule has 3 heteroatoms. The summed E-state index contributed by atoms with van der Waals surface area (Å²) < 4.78 is 5.41. The second kappa shape index (κ2) is 5.40. The summed E-state index contributed by atoms with van der Waals surface area (Å²) in [6.45, 7) is 3.00. The number of rotatable bonds is 5. The van der Waals surface area contributed by atoms with Gasteiger partial charge in [-0.1, -0.05) is 0 Å². The normalized spacial score (nSPS) is 9.86. The quantitative estimate of drug-likeness (QED) is 0.568. The van der Waals surface area contributed by atoms with E-state index in [1.165, 1.54) is 0 Å². The van der Waals surface area contributed by atoms with E-state index in [9.17, 15) is 4.79 Å². The maximum Gasteiger partial charge on any atom is 0.159 e. The van der Waals surface area contributed by atoms with E-state index in [1.54, 1.807) is 19.1 Å². The van der Waals surface area contributed by atoms with Crippen LogP contribution in [-0.2, 0) is 0 Å². The first-order valence-electron chi connectivity index (χ1n) is 4.62. The molecule has 0 amide bonds. The molecule has 1 N–H and O–H groups in total. The molecular weight excluding hydrogens is 178 g/mol. The molecular formula is C11H15NO2. The lowest BCUT2D eigenvalue weighted by atomic mass is 10.1. The van der Waals surface area contributed by atoms with Crippen molar-refractivity contribution >= 4 is 5.78 Å². The summed E-state index contributed by atoms with van der Waals surface area (Å²) in [6, 6.07) is 7.17. The number of hydrogen-bond acceptors (Lipinski definition) is 3. The maximum absolute atomic E-state index is 11.0. The minimum Gasteiger partial charge on any atom is -0.492 e. The highest BCUT2D eigenvalue weighted by atomic mass is 16.5. The Balaban J connectivity index is 2.51. The topological polar surface area (TPSA) is 38.3 Å². The van der Waals surface area contributed by atoms with Crippen LogP contribution in [0.1, 0.15) is 17.3 Å². The van der Waals surface area contributed by atoms with Crippen LogP contribution < -0.4 is 10.1 Å². The largest absolute Gasteiger partial charge is 0.492 e. The average Bonchev–Trinajstić information content (AvgIpc) is 2.19. The third-order valence-corrected chi connectivity index (χ3v) is 1.88. The zero-order valence-electron chi connectivity index (χ0n) is 8.54. The standard InChI is InChI=1S/C11H15NO2/c1-9(13)10-3-5-11(6-4-10)14-8-7-12-2/h3-6,12H,7-8H2,1-2H3. The third kappa shape index (κ3) is 3.18. The summed E-state index contributed by atoms with van der Waals surface area (Å²) >= 11 is 0. The molecule has 0 saturated heterocycles. The van der Waals surface area contributed by atoms with Crippen molar-refractivity contribution in [2.75, 3.05) is 20.2 Å². The molecule has 0 atom stereocenters. The van der Waals surface area contributed by atoms with Crippen molar-refractivity contribution in [3.05, 3.63) is 29.8 Å². The molecule has 1 aromatic rings. The van der Waals surface area contributed by atoms with Crippen molar-refractivity contribution < 1.29 is 9.53 Å². The maximum atomic E-state index is 11.0. The van der Waals surface area contributed by atoms with Gasteiger partial charge in [-0.2, -0.15) is 0 Å². The fraction of sp³-hybridized carbons (Fsp3) is 0.364. The highest BCUT2D eigenvalue weighted by molar-refractivity contribution is 5.94. The zero-order valence-corrected chi connectivity index (χ0v) is 8.54. The molecule has 0 heterocycles.